The third-order valence-corrected chi connectivity index (χ3v) is 2.54. The van der Waals surface area contributed by atoms with E-state index in [1.165, 1.54) is 5.52 Å². The lowest BCUT2D eigenvalue weighted by atomic mass is 10.3. The van der Waals surface area contributed by atoms with Crippen molar-refractivity contribution in [3.8, 4) is 0 Å². The van der Waals surface area contributed by atoms with Gasteiger partial charge in [0.15, 0.2) is 0 Å². The van der Waals surface area contributed by atoms with Crippen LogP contribution in [-0.4, -0.2) is 16.6 Å². The molecule has 0 spiro atoms. The fraction of sp³-hybridized carbons (Fsp3) is 0.364. The highest BCUT2D eigenvalue weighted by molar-refractivity contribution is 5.80. The molecule has 1 heterocycles. The Labute approximate surface area is 83.8 Å². The summed E-state index contributed by atoms with van der Waals surface area (Å²) in [7, 11) is 1.92. The molecule has 0 fully saturated rings. The number of hydrogen-bond acceptors (Lipinski definition) is 2. The van der Waals surface area contributed by atoms with Gasteiger partial charge in [-0.3, -0.25) is 0 Å². The van der Waals surface area contributed by atoms with Crippen molar-refractivity contribution in [1.82, 2.24) is 9.55 Å². The van der Waals surface area contributed by atoms with Crippen LogP contribution in [0.3, 0.4) is 0 Å². The fourth-order valence-corrected chi connectivity index (χ4v) is 1.80. The van der Waals surface area contributed by atoms with Gasteiger partial charge in [-0.05, 0) is 32.0 Å². The molecule has 0 bridgehead atoms. The van der Waals surface area contributed by atoms with Gasteiger partial charge in [-0.2, -0.15) is 0 Å². The highest BCUT2D eigenvalue weighted by Crippen LogP contribution is 2.19. The van der Waals surface area contributed by atoms with Crippen molar-refractivity contribution in [3.63, 3.8) is 0 Å². The van der Waals surface area contributed by atoms with Crippen LogP contribution in [0.1, 0.15) is 12.7 Å². The van der Waals surface area contributed by atoms with Gasteiger partial charge in [-0.1, -0.05) is 0 Å². The Balaban J connectivity index is 2.68. The molecule has 0 aliphatic carbocycles. The van der Waals surface area contributed by atoms with Crippen molar-refractivity contribution < 1.29 is 0 Å². The number of aryl methyl sites for hydroxylation is 2. The van der Waals surface area contributed by atoms with Crippen LogP contribution in [0.25, 0.3) is 11.0 Å². The van der Waals surface area contributed by atoms with Gasteiger partial charge in [-0.25, -0.2) is 4.98 Å². The van der Waals surface area contributed by atoms with E-state index in [0.717, 1.165) is 23.6 Å². The molecule has 0 radical (unpaired) electrons. The predicted molar refractivity (Wildman–Crippen MR) is 59.7 cm³/mol. The first-order valence-electron chi connectivity index (χ1n) is 4.91. The largest absolute Gasteiger partial charge is 0.388 e. The summed E-state index contributed by atoms with van der Waals surface area (Å²) in [5.41, 5.74) is 3.39. The van der Waals surface area contributed by atoms with E-state index in [1.54, 1.807) is 0 Å². The van der Waals surface area contributed by atoms with Gasteiger partial charge in [0, 0.05) is 19.3 Å². The normalized spacial score (nSPS) is 10.8. The zero-order chi connectivity index (χ0) is 10.1. The number of fused-ring (bicyclic) bond motifs is 1. The average molecular weight is 189 g/mol. The molecule has 0 atom stereocenters. The lowest BCUT2D eigenvalue weighted by Crippen LogP contribution is -1.96. The molecule has 0 unspecified atom stereocenters. The number of rotatable bonds is 2. The monoisotopic (exact) mass is 189 g/mol. The number of nitrogens with one attached hydrogen (secondary N) is 1. The first-order chi connectivity index (χ1) is 6.76. The van der Waals surface area contributed by atoms with Crippen LogP contribution in [0.5, 0.6) is 0 Å². The number of hydrogen-bond donors (Lipinski definition) is 1. The van der Waals surface area contributed by atoms with Crippen LogP contribution < -0.4 is 5.32 Å². The Morgan fingerprint density at radius 1 is 1.43 bits per heavy atom. The molecular weight excluding hydrogens is 174 g/mol. The van der Waals surface area contributed by atoms with E-state index in [9.17, 15) is 0 Å². The molecule has 2 rings (SSSR count). The molecule has 3 heteroatoms. The molecule has 14 heavy (non-hydrogen) atoms. The predicted octanol–water partition coefficient (Wildman–Crippen LogP) is 2.41. The van der Waals surface area contributed by atoms with Crippen LogP contribution in [0.15, 0.2) is 18.2 Å². The highest BCUT2D eigenvalue weighted by Gasteiger charge is 2.05. The zero-order valence-corrected chi connectivity index (χ0v) is 8.83. The molecule has 0 aliphatic heterocycles. The van der Waals surface area contributed by atoms with Crippen LogP contribution in [-0.2, 0) is 6.54 Å². The van der Waals surface area contributed by atoms with Gasteiger partial charge >= 0.3 is 0 Å². The maximum atomic E-state index is 4.52. The minimum atomic E-state index is 0.973. The molecule has 1 aromatic carbocycles. The van der Waals surface area contributed by atoms with Crippen LogP contribution in [0.2, 0.25) is 0 Å². The van der Waals surface area contributed by atoms with Gasteiger partial charge < -0.3 is 9.88 Å². The first kappa shape index (κ1) is 9.06. The van der Waals surface area contributed by atoms with Crippen molar-refractivity contribution in [1.29, 1.82) is 0 Å². The molecule has 0 saturated heterocycles. The second-order valence-electron chi connectivity index (χ2n) is 3.36. The summed E-state index contributed by atoms with van der Waals surface area (Å²) < 4.78 is 2.22. The molecule has 1 aromatic heterocycles. The molecule has 0 aliphatic rings. The van der Waals surface area contributed by atoms with Gasteiger partial charge in [0.1, 0.15) is 5.82 Å². The number of nitrogens with zero attached hydrogens (tertiary/aromatic N) is 2. The second-order valence-corrected chi connectivity index (χ2v) is 3.36. The van der Waals surface area contributed by atoms with E-state index in [2.05, 4.69) is 40.0 Å². The topological polar surface area (TPSA) is 29.9 Å². The van der Waals surface area contributed by atoms with Crippen molar-refractivity contribution in [3.05, 3.63) is 24.0 Å². The fourth-order valence-electron chi connectivity index (χ4n) is 1.80. The van der Waals surface area contributed by atoms with E-state index < -0.39 is 0 Å². The summed E-state index contributed by atoms with van der Waals surface area (Å²) in [5, 5.41) is 3.12. The number of aromatic nitrogens is 2. The second kappa shape index (κ2) is 3.33. The highest BCUT2D eigenvalue weighted by atomic mass is 15.1. The molecular formula is C11H15N3. The van der Waals surface area contributed by atoms with Gasteiger partial charge in [0.25, 0.3) is 0 Å². The van der Waals surface area contributed by atoms with Crippen molar-refractivity contribution in [2.24, 2.45) is 0 Å². The maximum Gasteiger partial charge on any atom is 0.106 e. The zero-order valence-electron chi connectivity index (χ0n) is 8.83. The number of anilines is 1. The SMILES string of the molecule is CCn1c(C)nc2cc(NC)ccc21. The average Bonchev–Trinajstić information content (AvgIpc) is 2.51. The van der Waals surface area contributed by atoms with E-state index in [4.69, 9.17) is 0 Å². The minimum absolute atomic E-state index is 0.973. The van der Waals surface area contributed by atoms with Gasteiger partial charge in [0.05, 0.1) is 11.0 Å². The summed E-state index contributed by atoms with van der Waals surface area (Å²) in [6.07, 6.45) is 0. The quantitative estimate of drug-likeness (QED) is 0.786. The molecule has 3 nitrogen and oxygen atoms in total. The van der Waals surface area contributed by atoms with Gasteiger partial charge in [0.2, 0.25) is 0 Å². The van der Waals surface area contributed by atoms with E-state index in [0.29, 0.717) is 0 Å². The standard InChI is InChI=1S/C11H15N3/c1-4-14-8(2)13-10-7-9(12-3)5-6-11(10)14/h5-7,12H,4H2,1-3H3. The summed E-state index contributed by atoms with van der Waals surface area (Å²) in [5.74, 6) is 1.08. The van der Waals surface area contributed by atoms with Crippen LogP contribution >= 0.6 is 0 Å². The van der Waals surface area contributed by atoms with Crippen molar-refractivity contribution >= 4 is 16.7 Å². The third kappa shape index (κ3) is 1.25. The van der Waals surface area contributed by atoms with Gasteiger partial charge in [-0.15, -0.1) is 0 Å². The smallest absolute Gasteiger partial charge is 0.106 e. The lowest BCUT2D eigenvalue weighted by molar-refractivity contribution is 0.753. The Hall–Kier alpha value is -1.51. The maximum absolute atomic E-state index is 4.52. The number of benzene rings is 1. The summed E-state index contributed by atoms with van der Waals surface area (Å²) in [6.45, 7) is 5.16. The minimum Gasteiger partial charge on any atom is -0.388 e. The summed E-state index contributed by atoms with van der Waals surface area (Å²) in [6, 6.07) is 6.27. The number of imidazole rings is 1. The Bertz CT molecular complexity index is 457. The summed E-state index contributed by atoms with van der Waals surface area (Å²) >= 11 is 0. The molecule has 0 saturated carbocycles. The van der Waals surface area contributed by atoms with Crippen molar-refractivity contribution in [2.45, 2.75) is 20.4 Å². The van der Waals surface area contributed by atoms with Crippen LogP contribution in [0, 0.1) is 6.92 Å². The van der Waals surface area contributed by atoms with Crippen LogP contribution in [0.4, 0.5) is 5.69 Å². The van der Waals surface area contributed by atoms with Crippen molar-refractivity contribution in [2.75, 3.05) is 12.4 Å². The Morgan fingerprint density at radius 2 is 2.21 bits per heavy atom. The Kier molecular flexibility index (Phi) is 2.15. The lowest BCUT2D eigenvalue weighted by Gasteiger charge is -2.02. The molecule has 1 N–H and O–H groups in total. The molecule has 2 aromatic rings. The third-order valence-electron chi connectivity index (χ3n) is 2.54. The van der Waals surface area contributed by atoms with E-state index in [-0.39, 0.29) is 0 Å². The van der Waals surface area contributed by atoms with E-state index in [1.807, 2.05) is 14.0 Å². The first-order valence-corrected chi connectivity index (χ1v) is 4.91. The summed E-state index contributed by atoms with van der Waals surface area (Å²) in [4.78, 5) is 4.52. The molecule has 74 valence electrons. The van der Waals surface area contributed by atoms with E-state index >= 15 is 0 Å². The molecule has 0 amide bonds. The Morgan fingerprint density at radius 3 is 2.86 bits per heavy atom.